The Morgan fingerprint density at radius 3 is 2.50 bits per heavy atom. The number of ketones is 1. The summed E-state index contributed by atoms with van der Waals surface area (Å²) >= 11 is 0. The third-order valence-corrected chi connectivity index (χ3v) is 4.01. The number of rotatable bonds is 11. The van der Waals surface area contributed by atoms with Crippen LogP contribution in [-0.2, 0) is 27.4 Å². The van der Waals surface area contributed by atoms with Gasteiger partial charge in [-0.05, 0) is 36.2 Å². The number of hydroxylamine groups is 1. The van der Waals surface area contributed by atoms with Gasteiger partial charge in [-0.3, -0.25) is 14.4 Å². The number of hydrogen-bond donors (Lipinski definition) is 2. The fraction of sp³-hybridized carbons (Fsp3) is 0.333. The first-order valence-electron chi connectivity index (χ1n) is 8.96. The molecule has 0 aromatic heterocycles. The SMILES string of the molecule is CCO[C@H](Cc1ccc(OCC(=O)c2cccc(CO)c2)cc1)C(=O)NOC. The van der Waals surface area contributed by atoms with Gasteiger partial charge in [0.25, 0.3) is 5.91 Å². The van der Waals surface area contributed by atoms with E-state index in [0.29, 0.717) is 29.9 Å². The highest BCUT2D eigenvalue weighted by molar-refractivity contribution is 5.97. The Kier molecular flexibility index (Phi) is 8.61. The van der Waals surface area contributed by atoms with E-state index in [2.05, 4.69) is 10.3 Å². The summed E-state index contributed by atoms with van der Waals surface area (Å²) in [5.41, 5.74) is 4.33. The number of carbonyl (C=O) groups excluding carboxylic acids is 2. The van der Waals surface area contributed by atoms with Crippen LogP contribution in [0, 0.1) is 0 Å². The second-order valence-electron chi connectivity index (χ2n) is 6.03. The predicted octanol–water partition coefficient (Wildman–Crippen LogP) is 2.07. The fourth-order valence-electron chi connectivity index (χ4n) is 2.61. The van der Waals surface area contributed by atoms with Crippen molar-refractivity contribution in [3.05, 3.63) is 65.2 Å². The van der Waals surface area contributed by atoms with Crippen molar-refractivity contribution in [3.63, 3.8) is 0 Å². The molecule has 150 valence electrons. The Hall–Kier alpha value is -2.74. The van der Waals surface area contributed by atoms with Gasteiger partial charge < -0.3 is 14.6 Å². The van der Waals surface area contributed by atoms with Gasteiger partial charge in [-0.25, -0.2) is 5.48 Å². The number of hydrogen-bond acceptors (Lipinski definition) is 6. The molecule has 2 aromatic rings. The Morgan fingerprint density at radius 1 is 1.11 bits per heavy atom. The van der Waals surface area contributed by atoms with Crippen molar-refractivity contribution in [2.24, 2.45) is 0 Å². The third-order valence-electron chi connectivity index (χ3n) is 4.01. The van der Waals surface area contributed by atoms with Gasteiger partial charge in [-0.2, -0.15) is 0 Å². The predicted molar refractivity (Wildman–Crippen MR) is 103 cm³/mol. The van der Waals surface area contributed by atoms with Gasteiger partial charge in [0.1, 0.15) is 11.9 Å². The zero-order valence-electron chi connectivity index (χ0n) is 16.0. The molecule has 0 aliphatic carbocycles. The van der Waals surface area contributed by atoms with E-state index in [-0.39, 0.29) is 24.9 Å². The lowest BCUT2D eigenvalue weighted by molar-refractivity contribution is -0.143. The van der Waals surface area contributed by atoms with Crippen LogP contribution in [0.3, 0.4) is 0 Å². The van der Waals surface area contributed by atoms with E-state index >= 15 is 0 Å². The molecule has 1 amide bonds. The first-order valence-corrected chi connectivity index (χ1v) is 8.96. The molecule has 7 nitrogen and oxygen atoms in total. The van der Waals surface area contributed by atoms with Crippen LogP contribution in [0.2, 0.25) is 0 Å². The topological polar surface area (TPSA) is 94.1 Å². The highest BCUT2D eigenvalue weighted by Gasteiger charge is 2.19. The molecule has 0 fully saturated rings. The first kappa shape index (κ1) is 21.6. The molecule has 0 aliphatic heterocycles. The monoisotopic (exact) mass is 387 g/mol. The van der Waals surface area contributed by atoms with Crippen molar-refractivity contribution >= 4 is 11.7 Å². The number of benzene rings is 2. The summed E-state index contributed by atoms with van der Waals surface area (Å²) in [6, 6.07) is 13.9. The van der Waals surface area contributed by atoms with Gasteiger partial charge in [0, 0.05) is 18.6 Å². The summed E-state index contributed by atoms with van der Waals surface area (Å²) in [6.07, 6.45) is -0.270. The highest BCUT2D eigenvalue weighted by atomic mass is 16.6. The quantitative estimate of drug-likeness (QED) is 0.453. The number of carbonyl (C=O) groups is 2. The maximum atomic E-state index is 12.2. The number of amides is 1. The van der Waals surface area contributed by atoms with E-state index in [4.69, 9.17) is 14.6 Å². The number of ether oxygens (including phenoxy) is 2. The lowest BCUT2D eigenvalue weighted by Gasteiger charge is -2.16. The van der Waals surface area contributed by atoms with Gasteiger partial charge in [0.15, 0.2) is 12.4 Å². The van der Waals surface area contributed by atoms with Gasteiger partial charge in [-0.1, -0.05) is 30.3 Å². The normalized spacial score (nSPS) is 11.7. The smallest absolute Gasteiger partial charge is 0.272 e. The Balaban J connectivity index is 1.92. The molecule has 2 rings (SSSR count). The summed E-state index contributed by atoms with van der Waals surface area (Å²) in [6.45, 7) is 2.00. The molecule has 0 aliphatic rings. The third kappa shape index (κ3) is 6.45. The maximum Gasteiger partial charge on any atom is 0.272 e. The maximum absolute atomic E-state index is 12.2. The molecule has 7 heteroatoms. The van der Waals surface area contributed by atoms with Crippen LogP contribution >= 0.6 is 0 Å². The van der Waals surface area contributed by atoms with Crippen molar-refractivity contribution in [1.82, 2.24) is 5.48 Å². The molecule has 2 aromatic carbocycles. The summed E-state index contributed by atoms with van der Waals surface area (Å²) in [7, 11) is 1.37. The van der Waals surface area contributed by atoms with Gasteiger partial charge in [0.2, 0.25) is 0 Å². The molecule has 0 spiro atoms. The van der Waals surface area contributed by atoms with E-state index < -0.39 is 6.10 Å². The molecular weight excluding hydrogens is 362 g/mol. The van der Waals surface area contributed by atoms with Crippen LogP contribution in [0.1, 0.15) is 28.4 Å². The molecule has 2 N–H and O–H groups in total. The van der Waals surface area contributed by atoms with Crippen LogP contribution in [0.15, 0.2) is 48.5 Å². The van der Waals surface area contributed by atoms with Crippen molar-refractivity contribution in [3.8, 4) is 5.75 Å². The molecule has 0 bridgehead atoms. The Labute approximate surface area is 164 Å². The van der Waals surface area contributed by atoms with Gasteiger partial charge in [0.05, 0.1) is 13.7 Å². The van der Waals surface area contributed by atoms with Crippen molar-refractivity contribution in [1.29, 1.82) is 0 Å². The Morgan fingerprint density at radius 2 is 1.86 bits per heavy atom. The number of nitrogens with one attached hydrogen (secondary N) is 1. The van der Waals surface area contributed by atoms with Gasteiger partial charge >= 0.3 is 0 Å². The van der Waals surface area contributed by atoms with Crippen LogP contribution in [0.4, 0.5) is 0 Å². The standard InChI is InChI=1S/C21H25NO6/c1-3-27-20(21(25)22-26-2)12-15-7-9-18(10-8-15)28-14-19(24)17-6-4-5-16(11-17)13-23/h4-11,20,23H,3,12-14H2,1-2H3,(H,22,25)/t20-/m1/s1. The highest BCUT2D eigenvalue weighted by Crippen LogP contribution is 2.15. The first-order chi connectivity index (χ1) is 13.6. The molecule has 0 saturated heterocycles. The largest absolute Gasteiger partial charge is 0.485 e. The average Bonchev–Trinajstić information content (AvgIpc) is 2.72. The molecular formula is C21H25NO6. The molecule has 1 atom stereocenters. The minimum atomic E-state index is -0.655. The molecule has 0 saturated carbocycles. The van der Waals surface area contributed by atoms with E-state index in [0.717, 1.165) is 5.56 Å². The molecule has 0 unspecified atom stereocenters. The van der Waals surface area contributed by atoms with Crippen LogP contribution < -0.4 is 10.2 Å². The lowest BCUT2D eigenvalue weighted by Crippen LogP contribution is -2.37. The molecule has 0 heterocycles. The number of Topliss-reactive ketones (excluding diaryl/α,β-unsaturated/α-hetero) is 1. The second-order valence-corrected chi connectivity index (χ2v) is 6.03. The minimum Gasteiger partial charge on any atom is -0.485 e. The Bertz CT molecular complexity index is 775. The van der Waals surface area contributed by atoms with E-state index in [1.165, 1.54) is 7.11 Å². The van der Waals surface area contributed by atoms with Crippen molar-refractivity contribution in [2.45, 2.75) is 26.1 Å². The fourth-order valence-corrected chi connectivity index (χ4v) is 2.61. The molecule has 28 heavy (non-hydrogen) atoms. The summed E-state index contributed by atoms with van der Waals surface area (Å²) in [5.74, 6) is 0.0251. The summed E-state index contributed by atoms with van der Waals surface area (Å²) < 4.78 is 11.0. The number of aliphatic hydroxyl groups is 1. The summed E-state index contributed by atoms with van der Waals surface area (Å²) in [4.78, 5) is 28.8. The van der Waals surface area contributed by atoms with Crippen LogP contribution in [-0.4, -0.2) is 43.2 Å². The lowest BCUT2D eigenvalue weighted by atomic mass is 10.1. The van der Waals surface area contributed by atoms with Crippen molar-refractivity contribution < 1.29 is 29.0 Å². The average molecular weight is 387 g/mol. The minimum absolute atomic E-state index is 0.105. The summed E-state index contributed by atoms with van der Waals surface area (Å²) in [5, 5.41) is 9.15. The van der Waals surface area contributed by atoms with Gasteiger partial charge in [-0.15, -0.1) is 0 Å². The zero-order chi connectivity index (χ0) is 20.4. The van der Waals surface area contributed by atoms with E-state index in [1.54, 1.807) is 36.4 Å². The second kappa shape index (κ2) is 11.2. The van der Waals surface area contributed by atoms with Crippen LogP contribution in [0.25, 0.3) is 0 Å². The van der Waals surface area contributed by atoms with Crippen LogP contribution in [0.5, 0.6) is 5.75 Å². The van der Waals surface area contributed by atoms with Crippen molar-refractivity contribution in [2.75, 3.05) is 20.3 Å². The molecule has 0 radical (unpaired) electrons. The zero-order valence-corrected chi connectivity index (χ0v) is 16.0. The van der Waals surface area contributed by atoms with E-state index in [1.807, 2.05) is 19.1 Å². The number of aliphatic hydroxyl groups excluding tert-OH is 1. The van der Waals surface area contributed by atoms with E-state index in [9.17, 15) is 9.59 Å².